The van der Waals surface area contributed by atoms with Crippen molar-refractivity contribution in [1.29, 1.82) is 0 Å². The van der Waals surface area contributed by atoms with Crippen LogP contribution in [0.5, 0.6) is 0 Å². The summed E-state index contributed by atoms with van der Waals surface area (Å²) in [5, 5.41) is 3.91. The van der Waals surface area contributed by atoms with Crippen LogP contribution in [0.3, 0.4) is 0 Å². The van der Waals surface area contributed by atoms with Crippen molar-refractivity contribution in [2.45, 2.75) is 53.9 Å². The van der Waals surface area contributed by atoms with Gasteiger partial charge in [-0.15, -0.1) is 0 Å². The maximum absolute atomic E-state index is 5.52. The van der Waals surface area contributed by atoms with Crippen molar-refractivity contribution < 1.29 is 21.7 Å². The van der Waals surface area contributed by atoms with Gasteiger partial charge in [0.1, 0.15) is 0 Å². The van der Waals surface area contributed by atoms with Crippen LogP contribution in [0, 0.1) is 20.8 Å². The molecule has 1 nitrogen and oxygen atoms in total. The van der Waals surface area contributed by atoms with E-state index in [1.54, 1.807) is 0 Å². The number of nitrogens with zero attached hydrogens (tertiary/aromatic N) is 1. The van der Waals surface area contributed by atoms with Crippen LogP contribution in [0.15, 0.2) is 126 Å². The molecule has 3 heteroatoms. The van der Waals surface area contributed by atoms with Crippen molar-refractivity contribution in [2.75, 3.05) is 0 Å². The van der Waals surface area contributed by atoms with E-state index in [2.05, 4.69) is 150 Å². The van der Waals surface area contributed by atoms with E-state index in [1.165, 1.54) is 32.6 Å². The molecule has 0 heterocycles. The number of allylic oxidation sites excluding steroid dienone is 7. The Hall–Kier alpha value is -2.44. The fourth-order valence-electron chi connectivity index (χ4n) is 4.03. The largest absolute Gasteiger partial charge is 0.258 e. The minimum absolute atomic E-state index is 0. The first-order valence-electron chi connectivity index (χ1n) is 13.0. The Morgan fingerprint density at radius 3 is 1.32 bits per heavy atom. The third-order valence-electron chi connectivity index (χ3n) is 6.11. The first-order chi connectivity index (χ1) is 17.5. The Kier molecular flexibility index (Phi) is 13.1. The molecule has 0 radical (unpaired) electrons. The van der Waals surface area contributed by atoms with Crippen LogP contribution >= 0.6 is 7.05 Å². The minimum atomic E-state index is -2.15. The van der Waals surface area contributed by atoms with Crippen molar-refractivity contribution in [2.24, 2.45) is 4.74 Å². The summed E-state index contributed by atoms with van der Waals surface area (Å²) in [5.74, 6) is 0. The second kappa shape index (κ2) is 15.7. The van der Waals surface area contributed by atoms with Gasteiger partial charge in [-0.25, -0.2) is 0 Å². The van der Waals surface area contributed by atoms with Crippen molar-refractivity contribution in [1.82, 2.24) is 0 Å². The molecule has 0 N–H and O–H groups in total. The average molecular weight is 542 g/mol. The summed E-state index contributed by atoms with van der Waals surface area (Å²) >= 11 is 0. The first kappa shape index (κ1) is 30.8. The fraction of sp³-hybridized carbons (Fsp3) is 0.235. The van der Waals surface area contributed by atoms with Gasteiger partial charge >= 0.3 is 0 Å². The van der Waals surface area contributed by atoms with E-state index in [9.17, 15) is 0 Å². The number of benzene rings is 3. The molecule has 0 saturated carbocycles. The molecular weight excluding hydrogens is 501 g/mol. The van der Waals surface area contributed by atoms with Crippen LogP contribution in [0.25, 0.3) is 0 Å². The summed E-state index contributed by atoms with van der Waals surface area (Å²) in [6, 6.07) is 26.9. The Morgan fingerprint density at radius 1 is 0.649 bits per heavy atom. The monoisotopic (exact) mass is 541 g/mol. The van der Waals surface area contributed by atoms with Gasteiger partial charge in [0.25, 0.3) is 0 Å². The van der Waals surface area contributed by atoms with Crippen molar-refractivity contribution in [3.8, 4) is 0 Å². The molecule has 0 unspecified atom stereocenters. The van der Waals surface area contributed by atoms with Crippen LogP contribution < -0.4 is 15.9 Å². The van der Waals surface area contributed by atoms with Gasteiger partial charge in [0.05, 0.1) is 7.05 Å². The molecule has 0 amide bonds. The summed E-state index contributed by atoms with van der Waals surface area (Å²) in [5.41, 5.74) is 4.99. The van der Waals surface area contributed by atoms with Gasteiger partial charge in [-0.1, -0.05) is 140 Å². The third kappa shape index (κ3) is 8.54. The maximum atomic E-state index is 5.52. The normalized spacial score (nSPS) is 12.7. The first-order valence-corrected chi connectivity index (χ1v) is 14.7. The SMILES string of the molecule is CCC=CC=CCC.Cc1ccc(P(=NC2=CC=CC2)(c2ccc(C)cc2)c2ccc(C)cc2)cc1.[Ti]. The molecule has 4 rings (SSSR count). The fourth-order valence-corrected chi connectivity index (χ4v) is 7.55. The molecule has 0 aliphatic heterocycles. The number of hydrogen-bond acceptors (Lipinski definition) is 1. The molecule has 3 aromatic carbocycles. The summed E-state index contributed by atoms with van der Waals surface area (Å²) in [6.07, 6.45) is 18.1. The Balaban J connectivity index is 0.000000467. The topological polar surface area (TPSA) is 12.4 Å². The molecule has 0 aromatic heterocycles. The Labute approximate surface area is 240 Å². The average Bonchev–Trinajstić information content (AvgIpc) is 3.40. The summed E-state index contributed by atoms with van der Waals surface area (Å²) in [7, 11) is -2.15. The quantitative estimate of drug-likeness (QED) is 0.161. The molecule has 0 atom stereocenters. The zero-order valence-corrected chi connectivity index (χ0v) is 25.4. The molecule has 1 aliphatic carbocycles. The minimum Gasteiger partial charge on any atom is -0.258 e. The van der Waals surface area contributed by atoms with E-state index >= 15 is 0 Å². The molecule has 0 fully saturated rings. The summed E-state index contributed by atoms with van der Waals surface area (Å²) < 4.78 is 5.52. The van der Waals surface area contributed by atoms with Crippen LogP contribution in [0.2, 0.25) is 0 Å². The molecule has 190 valence electrons. The smallest absolute Gasteiger partial charge is 0.0608 e. The van der Waals surface area contributed by atoms with Gasteiger partial charge in [0.15, 0.2) is 0 Å². The van der Waals surface area contributed by atoms with E-state index in [0.29, 0.717) is 0 Å². The number of rotatable bonds is 7. The molecule has 0 saturated heterocycles. The third-order valence-corrected chi connectivity index (χ3v) is 9.80. The van der Waals surface area contributed by atoms with Gasteiger partial charge in [0, 0.05) is 49.7 Å². The van der Waals surface area contributed by atoms with E-state index in [4.69, 9.17) is 4.74 Å². The van der Waals surface area contributed by atoms with E-state index in [1.807, 2.05) is 0 Å². The predicted molar refractivity (Wildman–Crippen MR) is 162 cm³/mol. The summed E-state index contributed by atoms with van der Waals surface area (Å²) in [4.78, 5) is 0. The molecule has 0 spiro atoms. The second-order valence-electron chi connectivity index (χ2n) is 9.21. The van der Waals surface area contributed by atoms with Crippen LogP contribution in [-0.4, -0.2) is 0 Å². The van der Waals surface area contributed by atoms with Gasteiger partial charge in [-0.05, 0) is 39.7 Å². The standard InChI is InChI=1S/C26H26NP.C8H14.Ti/c1-20-8-14-24(15-9-20)28(27-23-6-4-5-7-23,25-16-10-21(2)11-17-25)26-18-12-22(3)13-19-26;1-3-5-7-8-6-4-2;/h4-6,8-19H,7H2,1-3H3;5-8H,3-4H2,1-2H3;. The van der Waals surface area contributed by atoms with Crippen molar-refractivity contribution >= 4 is 23.0 Å². The van der Waals surface area contributed by atoms with Gasteiger partial charge in [-0.2, -0.15) is 0 Å². The molecule has 37 heavy (non-hydrogen) atoms. The zero-order valence-electron chi connectivity index (χ0n) is 23.0. The van der Waals surface area contributed by atoms with Crippen molar-refractivity contribution in [3.63, 3.8) is 0 Å². The molecule has 3 aromatic rings. The van der Waals surface area contributed by atoms with Crippen LogP contribution in [-0.2, 0) is 21.7 Å². The zero-order chi connectivity index (χ0) is 25.8. The maximum Gasteiger partial charge on any atom is 0.0608 e. The second-order valence-corrected chi connectivity index (χ2v) is 12.2. The molecule has 1 aliphatic rings. The molecule has 0 bridgehead atoms. The van der Waals surface area contributed by atoms with Gasteiger partial charge in [0.2, 0.25) is 0 Å². The van der Waals surface area contributed by atoms with E-state index < -0.39 is 7.05 Å². The van der Waals surface area contributed by atoms with Gasteiger partial charge < -0.3 is 0 Å². The van der Waals surface area contributed by atoms with Crippen LogP contribution in [0.4, 0.5) is 0 Å². The Morgan fingerprint density at radius 2 is 1.03 bits per heavy atom. The number of hydrogen-bond donors (Lipinski definition) is 0. The Bertz CT molecular complexity index is 1150. The van der Waals surface area contributed by atoms with E-state index in [0.717, 1.165) is 25.0 Å². The summed E-state index contributed by atoms with van der Waals surface area (Å²) in [6.45, 7) is 10.7. The van der Waals surface area contributed by atoms with Crippen molar-refractivity contribution in [3.05, 3.63) is 138 Å². The molecular formula is C34H40NPTi. The van der Waals surface area contributed by atoms with E-state index in [-0.39, 0.29) is 21.7 Å². The number of aryl methyl sites for hydroxylation is 3. The predicted octanol–water partition coefficient (Wildman–Crippen LogP) is 8.85. The van der Waals surface area contributed by atoms with Crippen LogP contribution in [0.1, 0.15) is 49.8 Å². The van der Waals surface area contributed by atoms with Gasteiger partial charge in [-0.3, -0.25) is 4.74 Å².